The van der Waals surface area contributed by atoms with Crippen molar-refractivity contribution in [1.29, 1.82) is 0 Å². The second-order valence-electron chi connectivity index (χ2n) is 6.36. The smallest absolute Gasteiger partial charge is 0.0851 e. The van der Waals surface area contributed by atoms with Crippen molar-refractivity contribution in [3.8, 4) is 10.6 Å². The maximum Gasteiger partial charge on any atom is 0.0851 e. The van der Waals surface area contributed by atoms with Crippen molar-refractivity contribution in [2.24, 2.45) is 0 Å². The molecule has 0 saturated heterocycles. The second kappa shape index (κ2) is 4.40. The highest BCUT2D eigenvalue weighted by atomic mass is 32.1. The lowest BCUT2D eigenvalue weighted by atomic mass is 9.91. The van der Waals surface area contributed by atoms with Crippen molar-refractivity contribution in [3.05, 3.63) is 71.2 Å². The highest BCUT2D eigenvalue weighted by Gasteiger charge is 2.21. The number of nitrogens with zero attached hydrogens (tertiary/aromatic N) is 2. The predicted octanol–water partition coefficient (Wildman–Crippen LogP) is 5.57. The molecule has 1 aliphatic rings. The second-order valence-corrected chi connectivity index (χ2v) is 7.24. The van der Waals surface area contributed by atoms with E-state index in [-0.39, 0.29) is 0 Å². The molecule has 0 atom stereocenters. The van der Waals surface area contributed by atoms with Gasteiger partial charge < -0.3 is 0 Å². The standard InChI is InChI=1S/C21H12N2S/c1-3-13-7-16-8-15-10-17-12(5-2-6-22-17)9-18(15)23-20(16)21-19(13)14(4-1)11-24-21/h1-6,8-11H,7H2. The number of thiophene rings is 1. The normalized spacial score (nSPS) is 12.8. The molecule has 0 unspecified atom stereocenters. The molecule has 112 valence electrons. The van der Waals surface area contributed by atoms with Crippen LogP contribution in [0.15, 0.2) is 60.1 Å². The fourth-order valence-electron chi connectivity index (χ4n) is 3.82. The molecule has 6 rings (SSSR count). The number of hydrogen-bond acceptors (Lipinski definition) is 3. The molecule has 3 aromatic heterocycles. The summed E-state index contributed by atoms with van der Waals surface area (Å²) in [6.07, 6.45) is 2.80. The topological polar surface area (TPSA) is 25.8 Å². The molecule has 0 amide bonds. The van der Waals surface area contributed by atoms with Gasteiger partial charge in [-0.05, 0) is 46.2 Å². The van der Waals surface area contributed by atoms with Crippen molar-refractivity contribution in [2.75, 3.05) is 0 Å². The summed E-state index contributed by atoms with van der Waals surface area (Å²) in [5, 5.41) is 7.29. The Kier molecular flexibility index (Phi) is 2.31. The van der Waals surface area contributed by atoms with Crippen LogP contribution in [0.5, 0.6) is 0 Å². The van der Waals surface area contributed by atoms with Crippen molar-refractivity contribution in [2.45, 2.75) is 6.42 Å². The molecular weight excluding hydrogens is 312 g/mol. The molecule has 1 aliphatic carbocycles. The number of rotatable bonds is 0. The van der Waals surface area contributed by atoms with Gasteiger partial charge in [-0.3, -0.25) is 4.98 Å². The molecule has 3 heteroatoms. The van der Waals surface area contributed by atoms with Gasteiger partial charge in [0.2, 0.25) is 0 Å². The summed E-state index contributed by atoms with van der Waals surface area (Å²) in [7, 11) is 0. The van der Waals surface area contributed by atoms with Crippen LogP contribution in [0.4, 0.5) is 0 Å². The Morgan fingerprint density at radius 2 is 1.75 bits per heavy atom. The van der Waals surface area contributed by atoms with Gasteiger partial charge in [-0.15, -0.1) is 11.3 Å². The van der Waals surface area contributed by atoms with Gasteiger partial charge in [0.1, 0.15) is 0 Å². The maximum atomic E-state index is 5.04. The maximum absolute atomic E-state index is 5.04. The van der Waals surface area contributed by atoms with Gasteiger partial charge in [0.05, 0.1) is 21.6 Å². The minimum absolute atomic E-state index is 0.958. The molecule has 0 radical (unpaired) electrons. The predicted molar refractivity (Wildman–Crippen MR) is 101 cm³/mol. The molecule has 0 fully saturated rings. The molecule has 3 heterocycles. The number of pyridine rings is 2. The monoisotopic (exact) mass is 324 g/mol. The molecule has 5 aromatic rings. The Labute approximate surface area is 142 Å². The first kappa shape index (κ1) is 12.6. The van der Waals surface area contributed by atoms with E-state index in [2.05, 4.69) is 52.8 Å². The van der Waals surface area contributed by atoms with Crippen LogP contribution in [0.3, 0.4) is 0 Å². The van der Waals surface area contributed by atoms with E-state index in [4.69, 9.17) is 4.98 Å². The third-order valence-corrected chi connectivity index (χ3v) is 5.93. The summed E-state index contributed by atoms with van der Waals surface area (Å²) in [6, 6.07) is 17.3. The molecular formula is C21H12N2S. The van der Waals surface area contributed by atoms with Crippen LogP contribution >= 0.6 is 11.3 Å². The molecule has 2 nitrogen and oxygen atoms in total. The van der Waals surface area contributed by atoms with E-state index in [1.165, 1.54) is 32.2 Å². The minimum atomic E-state index is 0.958. The third-order valence-electron chi connectivity index (χ3n) is 4.93. The quantitative estimate of drug-likeness (QED) is 0.341. The summed E-state index contributed by atoms with van der Waals surface area (Å²) in [5.41, 5.74) is 5.97. The number of fused-ring (bicyclic) bond motifs is 4. The molecule has 0 spiro atoms. The average Bonchev–Trinajstić information content (AvgIpc) is 3.05. The number of aromatic nitrogens is 2. The van der Waals surface area contributed by atoms with Crippen LogP contribution in [0.25, 0.3) is 43.1 Å². The number of hydrogen-bond donors (Lipinski definition) is 0. The van der Waals surface area contributed by atoms with Gasteiger partial charge in [0, 0.05) is 28.8 Å². The summed E-state index contributed by atoms with van der Waals surface area (Å²) in [5.74, 6) is 0. The molecule has 0 bridgehead atoms. The summed E-state index contributed by atoms with van der Waals surface area (Å²) in [6.45, 7) is 0. The van der Waals surface area contributed by atoms with Crippen molar-refractivity contribution >= 4 is 43.9 Å². The van der Waals surface area contributed by atoms with Crippen LogP contribution in [0.2, 0.25) is 0 Å². The van der Waals surface area contributed by atoms with Gasteiger partial charge >= 0.3 is 0 Å². The highest BCUT2D eigenvalue weighted by Crippen LogP contribution is 2.43. The average molecular weight is 324 g/mol. The van der Waals surface area contributed by atoms with Crippen LogP contribution in [0, 0.1) is 0 Å². The molecule has 2 aromatic carbocycles. The van der Waals surface area contributed by atoms with Gasteiger partial charge in [0.25, 0.3) is 0 Å². The minimum Gasteiger partial charge on any atom is -0.256 e. The SMILES string of the molecule is c1cnc2cc3cc4c(nc3cc2c1)-c1scc2cccc(c12)C4. The fourth-order valence-corrected chi connectivity index (χ4v) is 4.92. The molecule has 0 N–H and O–H groups in total. The van der Waals surface area contributed by atoms with Crippen LogP contribution in [0.1, 0.15) is 11.1 Å². The highest BCUT2D eigenvalue weighted by molar-refractivity contribution is 7.15. The zero-order valence-electron chi connectivity index (χ0n) is 12.8. The molecule has 0 saturated carbocycles. The van der Waals surface area contributed by atoms with Crippen LogP contribution in [-0.4, -0.2) is 9.97 Å². The van der Waals surface area contributed by atoms with Crippen LogP contribution < -0.4 is 0 Å². The lowest BCUT2D eigenvalue weighted by Gasteiger charge is -2.17. The fraction of sp³-hybridized carbons (Fsp3) is 0.0476. The first-order valence-electron chi connectivity index (χ1n) is 8.05. The van der Waals surface area contributed by atoms with E-state index < -0.39 is 0 Å². The summed E-state index contributed by atoms with van der Waals surface area (Å²) < 4.78 is 0. The first-order valence-corrected chi connectivity index (χ1v) is 8.93. The Morgan fingerprint density at radius 1 is 0.833 bits per heavy atom. The van der Waals surface area contributed by atoms with E-state index in [0.717, 1.165) is 28.5 Å². The zero-order valence-corrected chi connectivity index (χ0v) is 13.6. The van der Waals surface area contributed by atoms with Gasteiger partial charge in [-0.2, -0.15) is 0 Å². The van der Waals surface area contributed by atoms with Crippen LogP contribution in [-0.2, 0) is 6.42 Å². The van der Waals surface area contributed by atoms with E-state index in [9.17, 15) is 0 Å². The van der Waals surface area contributed by atoms with E-state index in [1.807, 2.05) is 23.6 Å². The van der Waals surface area contributed by atoms with Gasteiger partial charge in [0.15, 0.2) is 0 Å². The summed E-state index contributed by atoms with van der Waals surface area (Å²) in [4.78, 5) is 10.8. The zero-order chi connectivity index (χ0) is 15.7. The van der Waals surface area contributed by atoms with Crippen molar-refractivity contribution < 1.29 is 0 Å². The van der Waals surface area contributed by atoms with Gasteiger partial charge in [-0.25, -0.2) is 4.98 Å². The molecule has 24 heavy (non-hydrogen) atoms. The third kappa shape index (κ3) is 1.60. The Bertz CT molecular complexity index is 1280. The molecule has 0 aliphatic heterocycles. The summed E-state index contributed by atoms with van der Waals surface area (Å²) >= 11 is 1.81. The van der Waals surface area contributed by atoms with E-state index >= 15 is 0 Å². The Morgan fingerprint density at radius 3 is 2.75 bits per heavy atom. The lowest BCUT2D eigenvalue weighted by molar-refractivity contribution is 1.18. The van der Waals surface area contributed by atoms with E-state index in [1.54, 1.807) is 0 Å². The van der Waals surface area contributed by atoms with Gasteiger partial charge in [-0.1, -0.05) is 24.3 Å². The van der Waals surface area contributed by atoms with Crippen molar-refractivity contribution in [3.63, 3.8) is 0 Å². The van der Waals surface area contributed by atoms with E-state index in [0.29, 0.717) is 0 Å². The number of benzene rings is 2. The Hall–Kier alpha value is -2.78. The lowest BCUT2D eigenvalue weighted by Crippen LogP contribution is -2.01. The van der Waals surface area contributed by atoms with Crippen molar-refractivity contribution in [1.82, 2.24) is 9.97 Å². The first-order chi connectivity index (χ1) is 11.9. The largest absolute Gasteiger partial charge is 0.256 e. The Balaban J connectivity index is 1.73.